The first-order valence-electron chi connectivity index (χ1n) is 12.1. The van der Waals surface area contributed by atoms with Crippen molar-refractivity contribution in [3.05, 3.63) is 102 Å². The lowest BCUT2D eigenvalue weighted by molar-refractivity contribution is -0.122. The number of nitrogens with zero attached hydrogens (tertiary/aromatic N) is 2. The minimum absolute atomic E-state index is 0.0306. The number of ether oxygens (including phenoxy) is 1. The number of carbonyl (C=O) groups is 2. The second-order valence-corrected chi connectivity index (χ2v) is 11.2. The fourth-order valence-corrected chi connectivity index (χ4v) is 6.38. The molecule has 194 valence electrons. The van der Waals surface area contributed by atoms with E-state index >= 15 is 0 Å². The highest BCUT2D eigenvalue weighted by molar-refractivity contribution is 7.89. The molecular formula is C29H25ClN2O5S. The summed E-state index contributed by atoms with van der Waals surface area (Å²) < 4.78 is 34.7. The molecule has 2 amide bonds. The molecule has 0 N–H and O–H groups in total. The first-order chi connectivity index (χ1) is 18.3. The van der Waals surface area contributed by atoms with Crippen LogP contribution in [0.2, 0.25) is 5.02 Å². The van der Waals surface area contributed by atoms with Crippen LogP contribution in [0.4, 0.5) is 5.69 Å². The number of sulfonamides is 1. The third-order valence-corrected chi connectivity index (χ3v) is 8.71. The second kappa shape index (κ2) is 10.6. The molecule has 4 aromatic rings. The monoisotopic (exact) mass is 548 g/mol. The van der Waals surface area contributed by atoms with Gasteiger partial charge in [0.1, 0.15) is 11.8 Å². The summed E-state index contributed by atoms with van der Waals surface area (Å²) >= 11 is 6.38. The van der Waals surface area contributed by atoms with Crippen LogP contribution >= 0.6 is 11.6 Å². The van der Waals surface area contributed by atoms with E-state index in [9.17, 15) is 18.0 Å². The van der Waals surface area contributed by atoms with Crippen LogP contribution in [0.1, 0.15) is 18.9 Å². The Morgan fingerprint density at radius 2 is 1.61 bits per heavy atom. The number of amides is 2. The van der Waals surface area contributed by atoms with Gasteiger partial charge in [0.2, 0.25) is 15.9 Å². The van der Waals surface area contributed by atoms with Gasteiger partial charge >= 0.3 is 0 Å². The molecule has 1 heterocycles. The standard InChI is InChI=1S/C29H25ClN2O5S/c1-2-37-24-14-12-23(13-15-24)32-28(33)18-27(29(32)34)31(19-22-9-5-6-10-26(22)30)38(35,36)25-16-11-20-7-3-4-8-21(20)17-25/h3-17,27H,2,18-19H2,1H3. The van der Waals surface area contributed by atoms with Crippen molar-refractivity contribution >= 4 is 49.9 Å². The van der Waals surface area contributed by atoms with Gasteiger partial charge in [0.05, 0.1) is 23.6 Å². The number of hydrogen-bond donors (Lipinski definition) is 0. The molecule has 0 saturated carbocycles. The van der Waals surface area contributed by atoms with Crippen LogP contribution in [0.25, 0.3) is 10.8 Å². The Kier molecular flexibility index (Phi) is 7.21. The average molecular weight is 549 g/mol. The lowest BCUT2D eigenvalue weighted by Crippen LogP contribution is -2.45. The third kappa shape index (κ3) is 4.90. The summed E-state index contributed by atoms with van der Waals surface area (Å²) in [6.07, 6.45) is -0.288. The molecule has 7 nitrogen and oxygen atoms in total. The number of rotatable bonds is 8. The maximum Gasteiger partial charge on any atom is 0.252 e. The summed E-state index contributed by atoms with van der Waals surface area (Å²) in [5.74, 6) is -0.497. The second-order valence-electron chi connectivity index (χ2n) is 8.86. The summed E-state index contributed by atoms with van der Waals surface area (Å²) in [6, 6.07) is 24.4. The zero-order valence-corrected chi connectivity index (χ0v) is 22.2. The van der Waals surface area contributed by atoms with Crippen molar-refractivity contribution < 1.29 is 22.7 Å². The fraction of sp³-hybridized carbons (Fsp3) is 0.172. The first kappa shape index (κ1) is 25.9. The summed E-state index contributed by atoms with van der Waals surface area (Å²) in [5, 5.41) is 2.00. The van der Waals surface area contributed by atoms with E-state index < -0.39 is 27.9 Å². The SMILES string of the molecule is CCOc1ccc(N2C(=O)CC(N(Cc3ccccc3Cl)S(=O)(=O)c3ccc4ccccc4c3)C2=O)cc1. The molecular weight excluding hydrogens is 524 g/mol. The minimum atomic E-state index is -4.21. The van der Waals surface area contributed by atoms with Gasteiger partial charge in [0.25, 0.3) is 5.91 Å². The van der Waals surface area contributed by atoms with Crippen molar-refractivity contribution in [3.8, 4) is 5.75 Å². The van der Waals surface area contributed by atoms with Crippen LogP contribution in [-0.2, 0) is 26.2 Å². The highest BCUT2D eigenvalue weighted by atomic mass is 35.5. The van der Waals surface area contributed by atoms with E-state index in [1.54, 1.807) is 60.7 Å². The van der Waals surface area contributed by atoms with Crippen molar-refractivity contribution in [2.75, 3.05) is 11.5 Å². The predicted octanol–water partition coefficient (Wildman–Crippen LogP) is 5.41. The fourth-order valence-electron chi connectivity index (χ4n) is 4.59. The van der Waals surface area contributed by atoms with Crippen LogP contribution in [0.15, 0.2) is 95.9 Å². The predicted molar refractivity (Wildman–Crippen MR) is 147 cm³/mol. The molecule has 4 aromatic carbocycles. The minimum Gasteiger partial charge on any atom is -0.494 e. The van der Waals surface area contributed by atoms with E-state index in [-0.39, 0.29) is 17.9 Å². The van der Waals surface area contributed by atoms with Crippen molar-refractivity contribution in [2.24, 2.45) is 0 Å². The van der Waals surface area contributed by atoms with Crippen LogP contribution in [0.3, 0.4) is 0 Å². The number of anilines is 1. The maximum absolute atomic E-state index is 14.1. The van der Waals surface area contributed by atoms with Crippen LogP contribution in [0.5, 0.6) is 5.75 Å². The van der Waals surface area contributed by atoms with Gasteiger partial charge in [-0.2, -0.15) is 4.31 Å². The van der Waals surface area contributed by atoms with Crippen LogP contribution in [0, 0.1) is 0 Å². The molecule has 1 atom stereocenters. The maximum atomic E-state index is 14.1. The molecule has 1 saturated heterocycles. The molecule has 1 aliphatic rings. The number of fused-ring (bicyclic) bond motifs is 1. The Morgan fingerprint density at radius 3 is 2.32 bits per heavy atom. The van der Waals surface area contributed by atoms with Gasteiger partial charge in [0, 0.05) is 11.6 Å². The molecule has 38 heavy (non-hydrogen) atoms. The first-order valence-corrected chi connectivity index (χ1v) is 13.9. The van der Waals surface area contributed by atoms with Crippen molar-refractivity contribution in [1.29, 1.82) is 0 Å². The van der Waals surface area contributed by atoms with E-state index in [1.807, 2.05) is 31.2 Å². The van der Waals surface area contributed by atoms with E-state index in [2.05, 4.69) is 0 Å². The smallest absolute Gasteiger partial charge is 0.252 e. The molecule has 1 fully saturated rings. The number of carbonyl (C=O) groups excluding carboxylic acids is 2. The topological polar surface area (TPSA) is 84.0 Å². The molecule has 9 heteroatoms. The summed E-state index contributed by atoms with van der Waals surface area (Å²) in [5.41, 5.74) is 0.880. The van der Waals surface area contributed by atoms with Gasteiger partial charge < -0.3 is 4.74 Å². The molecule has 1 unspecified atom stereocenters. The van der Waals surface area contributed by atoms with Crippen molar-refractivity contribution in [3.63, 3.8) is 0 Å². The number of halogens is 1. The van der Waals surface area contributed by atoms with E-state index in [4.69, 9.17) is 16.3 Å². The van der Waals surface area contributed by atoms with E-state index in [1.165, 1.54) is 6.07 Å². The zero-order valence-electron chi connectivity index (χ0n) is 20.6. The van der Waals surface area contributed by atoms with Crippen LogP contribution < -0.4 is 9.64 Å². The molecule has 0 bridgehead atoms. The number of imide groups is 1. The van der Waals surface area contributed by atoms with Gasteiger partial charge in [-0.05, 0) is 65.7 Å². The molecule has 1 aliphatic heterocycles. The Morgan fingerprint density at radius 1 is 0.921 bits per heavy atom. The Labute approximate surface area is 226 Å². The quantitative estimate of drug-likeness (QED) is 0.275. The van der Waals surface area contributed by atoms with Gasteiger partial charge in [-0.1, -0.05) is 60.1 Å². The van der Waals surface area contributed by atoms with Crippen LogP contribution in [-0.4, -0.2) is 37.2 Å². The lowest BCUT2D eigenvalue weighted by Gasteiger charge is -2.27. The van der Waals surface area contributed by atoms with E-state index in [0.717, 1.165) is 20.0 Å². The third-order valence-electron chi connectivity index (χ3n) is 6.49. The molecule has 5 rings (SSSR count). The highest BCUT2D eigenvalue weighted by Crippen LogP contribution is 2.33. The van der Waals surface area contributed by atoms with Gasteiger partial charge in [0.15, 0.2) is 0 Å². The van der Waals surface area contributed by atoms with E-state index in [0.29, 0.717) is 28.6 Å². The number of hydrogen-bond acceptors (Lipinski definition) is 5. The molecule has 0 spiro atoms. The van der Waals surface area contributed by atoms with Gasteiger partial charge in [-0.15, -0.1) is 0 Å². The molecule has 0 aliphatic carbocycles. The van der Waals surface area contributed by atoms with Gasteiger partial charge in [-0.25, -0.2) is 13.3 Å². The van der Waals surface area contributed by atoms with Gasteiger partial charge in [-0.3, -0.25) is 9.59 Å². The van der Waals surface area contributed by atoms with Crippen molar-refractivity contribution in [1.82, 2.24) is 4.31 Å². The Balaban J connectivity index is 1.55. The Bertz CT molecular complexity index is 1620. The molecule has 0 radical (unpaired) electrons. The lowest BCUT2D eigenvalue weighted by atomic mass is 10.1. The summed E-state index contributed by atoms with van der Waals surface area (Å²) in [6.45, 7) is 2.16. The van der Waals surface area contributed by atoms with Crippen molar-refractivity contribution in [2.45, 2.75) is 30.8 Å². The summed E-state index contributed by atoms with van der Waals surface area (Å²) in [7, 11) is -4.21. The Hall–Kier alpha value is -3.72. The summed E-state index contributed by atoms with van der Waals surface area (Å²) in [4.78, 5) is 27.8. The normalized spacial score (nSPS) is 16.0. The average Bonchev–Trinajstić information content (AvgIpc) is 3.21. The zero-order chi connectivity index (χ0) is 26.9. The number of benzene rings is 4. The highest BCUT2D eigenvalue weighted by Gasteiger charge is 2.47. The molecule has 0 aromatic heterocycles. The largest absolute Gasteiger partial charge is 0.494 e.